The molecule has 0 aromatic rings. The van der Waals surface area contributed by atoms with E-state index in [0.29, 0.717) is 25.7 Å². The molecular weight excluding hydrogens is 1310 g/mol. The van der Waals surface area contributed by atoms with Crippen molar-refractivity contribution < 1.29 is 80.2 Å². The summed E-state index contributed by atoms with van der Waals surface area (Å²) in [6.07, 6.45) is 65.1. The highest BCUT2D eigenvalue weighted by Crippen LogP contribution is 2.45. The molecule has 3 unspecified atom stereocenters. The summed E-state index contributed by atoms with van der Waals surface area (Å²) in [5.74, 6) is -1.33. The maximum absolute atomic E-state index is 13.1. The minimum atomic E-state index is -4.96. The van der Waals surface area contributed by atoms with Gasteiger partial charge in [-0.1, -0.05) is 381 Å². The van der Waals surface area contributed by atoms with Gasteiger partial charge in [0.15, 0.2) is 12.2 Å². The Morgan fingerprint density at radius 1 is 0.280 bits per heavy atom. The number of phosphoric acid groups is 2. The largest absolute Gasteiger partial charge is 0.472 e. The first-order valence-electron chi connectivity index (χ1n) is 42.2. The molecule has 3 N–H and O–H groups in total. The molecule has 0 fully saturated rings. The number of hydrogen-bond donors (Lipinski definition) is 3. The van der Waals surface area contributed by atoms with E-state index in [4.69, 9.17) is 37.0 Å². The number of unbranched alkanes of at least 4 members (excludes halogenated alkanes) is 52. The third-order valence-electron chi connectivity index (χ3n) is 19.4. The van der Waals surface area contributed by atoms with Gasteiger partial charge in [0, 0.05) is 25.7 Å². The maximum Gasteiger partial charge on any atom is 0.472 e. The Bertz CT molecular complexity index is 1910. The van der Waals surface area contributed by atoms with Crippen molar-refractivity contribution in [3.63, 3.8) is 0 Å². The monoisotopic (exact) mass is 1470 g/mol. The molecule has 0 aliphatic heterocycles. The van der Waals surface area contributed by atoms with Gasteiger partial charge in [-0.15, -0.1) is 0 Å². The minimum absolute atomic E-state index is 0.108. The zero-order valence-corrected chi connectivity index (χ0v) is 67.1. The molecule has 0 spiro atoms. The zero-order valence-electron chi connectivity index (χ0n) is 65.3. The van der Waals surface area contributed by atoms with Crippen molar-refractivity contribution in [2.24, 2.45) is 5.92 Å². The average molecular weight is 1470 g/mol. The van der Waals surface area contributed by atoms with Crippen molar-refractivity contribution in [1.29, 1.82) is 0 Å². The van der Waals surface area contributed by atoms with Crippen LogP contribution < -0.4 is 0 Å². The minimum Gasteiger partial charge on any atom is -0.462 e. The molecular formula is C81H158O17P2. The SMILES string of the molecule is CCCCCCCCCCCCCCCCCCCCCC(=O)O[C@H](COC(=O)CCCCCCCCCCCCCCCCCC)COP(=O)(O)OC[C@@H](O)COP(=O)(O)OC[C@@H](COC(=O)CCCCCCCCCCC(C)CC)OC(=O)CCCCCCCCCCCCCCC. The van der Waals surface area contributed by atoms with E-state index in [0.717, 1.165) is 95.8 Å². The van der Waals surface area contributed by atoms with E-state index < -0.39 is 97.5 Å². The molecule has 0 amide bonds. The van der Waals surface area contributed by atoms with Crippen molar-refractivity contribution >= 4 is 39.5 Å². The second kappa shape index (κ2) is 73.9. The highest BCUT2D eigenvalue weighted by Gasteiger charge is 2.30. The van der Waals surface area contributed by atoms with Crippen LogP contribution in [0, 0.1) is 5.92 Å². The standard InChI is InChI=1S/C81H158O17P2/c1-6-10-13-16-19-22-25-28-30-32-33-34-36-39-42-45-52-57-62-67-81(86)97-76(70-91-78(83)64-59-54-49-43-40-38-35-31-29-26-23-20-17-14-11-7-2)72-95-99(87,88)93-68-75(82)69-94-100(89,90)96-73-77(71-92-79(84)65-60-55-50-47-46-48-53-58-63-74(5)9-4)98-80(85)66-61-56-51-44-41-37-27-24-21-18-15-12-8-3/h74-77,82H,6-73H2,1-5H3,(H,87,88)(H,89,90)/t74?,75-,76-,77-/m1/s1. The van der Waals surface area contributed by atoms with Crippen LogP contribution in [0.3, 0.4) is 0 Å². The maximum atomic E-state index is 13.1. The summed E-state index contributed by atoms with van der Waals surface area (Å²) in [6, 6.07) is 0. The molecule has 0 heterocycles. The fourth-order valence-electron chi connectivity index (χ4n) is 12.6. The summed E-state index contributed by atoms with van der Waals surface area (Å²) >= 11 is 0. The third kappa shape index (κ3) is 73.0. The third-order valence-corrected chi connectivity index (χ3v) is 21.3. The first-order chi connectivity index (χ1) is 48.6. The summed E-state index contributed by atoms with van der Waals surface area (Å²) in [7, 11) is -9.92. The van der Waals surface area contributed by atoms with Gasteiger partial charge < -0.3 is 33.8 Å². The van der Waals surface area contributed by atoms with Crippen LogP contribution in [0.25, 0.3) is 0 Å². The van der Waals surface area contributed by atoms with Gasteiger partial charge in [0.05, 0.1) is 26.4 Å². The van der Waals surface area contributed by atoms with Gasteiger partial charge in [-0.05, 0) is 31.6 Å². The fourth-order valence-corrected chi connectivity index (χ4v) is 14.1. The van der Waals surface area contributed by atoms with E-state index in [1.807, 2.05) is 0 Å². The van der Waals surface area contributed by atoms with E-state index in [2.05, 4.69) is 34.6 Å². The molecule has 6 atom stereocenters. The molecule has 0 rings (SSSR count). The number of rotatable bonds is 81. The molecule has 19 heteroatoms. The van der Waals surface area contributed by atoms with Crippen LogP contribution in [0.4, 0.5) is 0 Å². The number of carbonyl (C=O) groups excluding carboxylic acids is 4. The van der Waals surface area contributed by atoms with Gasteiger partial charge in [0.1, 0.15) is 19.3 Å². The lowest BCUT2D eigenvalue weighted by Crippen LogP contribution is -2.30. The Hall–Kier alpha value is -1.94. The first-order valence-corrected chi connectivity index (χ1v) is 45.2. The fraction of sp³-hybridized carbons (Fsp3) is 0.951. The van der Waals surface area contributed by atoms with Gasteiger partial charge in [0.25, 0.3) is 0 Å². The average Bonchev–Trinajstić information content (AvgIpc) is 1.02. The molecule has 594 valence electrons. The zero-order chi connectivity index (χ0) is 73.4. The predicted octanol–water partition coefficient (Wildman–Crippen LogP) is 24.4. The summed E-state index contributed by atoms with van der Waals surface area (Å²) < 4.78 is 68.7. The Morgan fingerprint density at radius 3 is 0.710 bits per heavy atom. The number of phosphoric ester groups is 2. The number of aliphatic hydroxyl groups is 1. The smallest absolute Gasteiger partial charge is 0.462 e. The Kier molecular flexibility index (Phi) is 72.5. The second-order valence-electron chi connectivity index (χ2n) is 29.4. The molecule has 0 bridgehead atoms. The Labute approximate surface area is 613 Å². The highest BCUT2D eigenvalue weighted by atomic mass is 31.2. The van der Waals surface area contributed by atoms with Crippen molar-refractivity contribution in [3.8, 4) is 0 Å². The summed E-state index contributed by atoms with van der Waals surface area (Å²) in [5.41, 5.74) is 0. The van der Waals surface area contributed by atoms with Gasteiger partial charge in [-0.25, -0.2) is 9.13 Å². The van der Waals surface area contributed by atoms with Crippen molar-refractivity contribution in [1.82, 2.24) is 0 Å². The second-order valence-corrected chi connectivity index (χ2v) is 32.3. The molecule has 0 aliphatic carbocycles. The topological polar surface area (TPSA) is 237 Å². The summed E-state index contributed by atoms with van der Waals surface area (Å²) in [6.45, 7) is 7.34. The van der Waals surface area contributed by atoms with Crippen LogP contribution >= 0.6 is 15.6 Å². The van der Waals surface area contributed by atoms with Crippen LogP contribution in [0.1, 0.15) is 433 Å². The van der Waals surface area contributed by atoms with Crippen LogP contribution in [0.5, 0.6) is 0 Å². The van der Waals surface area contributed by atoms with Crippen molar-refractivity contribution in [3.05, 3.63) is 0 Å². The molecule has 0 aromatic carbocycles. The number of hydrogen-bond acceptors (Lipinski definition) is 15. The van der Waals surface area contributed by atoms with Crippen molar-refractivity contribution in [2.45, 2.75) is 451 Å². The van der Waals surface area contributed by atoms with E-state index >= 15 is 0 Å². The van der Waals surface area contributed by atoms with Gasteiger partial charge in [-0.3, -0.25) is 37.3 Å². The Morgan fingerprint density at radius 2 is 0.480 bits per heavy atom. The number of esters is 4. The number of aliphatic hydroxyl groups excluding tert-OH is 1. The van der Waals surface area contributed by atoms with Gasteiger partial charge in [-0.2, -0.15) is 0 Å². The molecule has 0 saturated heterocycles. The Balaban J connectivity index is 5.25. The molecule has 0 aliphatic rings. The van der Waals surface area contributed by atoms with E-state index in [1.54, 1.807) is 0 Å². The quantitative estimate of drug-likeness (QED) is 0.0222. The highest BCUT2D eigenvalue weighted by molar-refractivity contribution is 7.47. The molecule has 100 heavy (non-hydrogen) atoms. The molecule has 0 aromatic heterocycles. The van der Waals surface area contributed by atoms with Gasteiger partial charge in [0.2, 0.25) is 0 Å². The lowest BCUT2D eigenvalue weighted by Gasteiger charge is -2.21. The van der Waals surface area contributed by atoms with E-state index in [9.17, 15) is 43.2 Å². The summed E-state index contributed by atoms with van der Waals surface area (Å²) in [4.78, 5) is 73.1. The van der Waals surface area contributed by atoms with E-state index in [1.165, 1.54) is 257 Å². The lowest BCUT2D eigenvalue weighted by molar-refractivity contribution is -0.161. The van der Waals surface area contributed by atoms with Crippen LogP contribution in [-0.4, -0.2) is 96.7 Å². The number of carbonyl (C=O) groups is 4. The molecule has 0 saturated carbocycles. The van der Waals surface area contributed by atoms with Gasteiger partial charge >= 0.3 is 39.5 Å². The van der Waals surface area contributed by atoms with Crippen LogP contribution in [0.15, 0.2) is 0 Å². The normalized spacial score (nSPS) is 14.1. The van der Waals surface area contributed by atoms with Crippen LogP contribution in [0.2, 0.25) is 0 Å². The number of ether oxygens (including phenoxy) is 4. The molecule has 17 nitrogen and oxygen atoms in total. The van der Waals surface area contributed by atoms with E-state index in [-0.39, 0.29) is 25.7 Å². The predicted molar refractivity (Wildman–Crippen MR) is 409 cm³/mol. The van der Waals surface area contributed by atoms with Crippen LogP contribution in [-0.2, 0) is 65.4 Å². The summed E-state index contributed by atoms with van der Waals surface area (Å²) in [5, 5.41) is 10.6. The first kappa shape index (κ1) is 98.1. The lowest BCUT2D eigenvalue weighted by atomic mass is 9.99. The van der Waals surface area contributed by atoms with Crippen molar-refractivity contribution in [2.75, 3.05) is 39.6 Å². The molecule has 0 radical (unpaired) electrons.